The molecule has 0 radical (unpaired) electrons. The molecule has 1 atom stereocenters. The number of nitrogens with one attached hydrogen (secondary N) is 2. The number of aromatic nitrogens is 3. The lowest BCUT2D eigenvalue weighted by Crippen LogP contribution is -2.38. The van der Waals surface area contributed by atoms with Gasteiger partial charge in [-0.1, -0.05) is 6.07 Å². The summed E-state index contributed by atoms with van der Waals surface area (Å²) in [5.41, 5.74) is 4.87. The number of aromatic amines is 1. The minimum absolute atomic E-state index is 0.0209. The summed E-state index contributed by atoms with van der Waals surface area (Å²) in [4.78, 5) is 40.2. The Morgan fingerprint density at radius 1 is 1.26 bits per heavy atom. The molecule has 1 saturated heterocycles. The van der Waals surface area contributed by atoms with E-state index in [0.717, 1.165) is 28.8 Å². The second kappa shape index (κ2) is 8.37. The van der Waals surface area contributed by atoms with Gasteiger partial charge < -0.3 is 20.1 Å². The van der Waals surface area contributed by atoms with E-state index < -0.39 is 0 Å². The number of fused-ring (bicyclic) bond motifs is 1. The average Bonchev–Trinajstić information content (AvgIpc) is 3.39. The zero-order valence-corrected chi connectivity index (χ0v) is 18.4. The number of rotatable bonds is 5. The third-order valence-corrected chi connectivity index (χ3v) is 6.07. The number of likely N-dealkylation sites (tertiary alicyclic amines) is 1. The number of H-pyrrole nitrogens is 1. The number of likely N-dealkylation sites (N-methyl/N-ethyl adjacent to an activating group) is 1. The quantitative estimate of drug-likeness (QED) is 0.662. The first kappa shape index (κ1) is 20.8. The Bertz CT molecular complexity index is 1120. The second-order valence-electron chi connectivity index (χ2n) is 8.19. The van der Waals surface area contributed by atoms with Gasteiger partial charge in [0.05, 0.1) is 22.6 Å². The highest BCUT2D eigenvalue weighted by atomic mass is 16.2. The van der Waals surface area contributed by atoms with Crippen molar-refractivity contribution in [3.05, 3.63) is 53.0 Å². The van der Waals surface area contributed by atoms with Crippen molar-refractivity contribution >= 4 is 28.7 Å². The molecule has 4 rings (SSSR count). The largest absolute Gasteiger partial charge is 0.366 e. The zero-order chi connectivity index (χ0) is 22.1. The fraction of sp³-hybridized carbons (Fsp3) is 0.391. The SMILES string of the molecule is CC(=O)N(C)[C@H]1CCN(C(=O)c2ccc(NCc3c(C)ccc4nc(C)[nH]c34)nc2)C1. The first-order valence-corrected chi connectivity index (χ1v) is 10.5. The molecule has 31 heavy (non-hydrogen) atoms. The summed E-state index contributed by atoms with van der Waals surface area (Å²) in [5.74, 6) is 1.57. The molecule has 2 aromatic heterocycles. The Balaban J connectivity index is 1.41. The molecular formula is C23H28N6O2. The third kappa shape index (κ3) is 4.23. The van der Waals surface area contributed by atoms with Crippen molar-refractivity contribution in [2.45, 2.75) is 39.8 Å². The van der Waals surface area contributed by atoms with Crippen molar-refractivity contribution in [3.8, 4) is 0 Å². The van der Waals surface area contributed by atoms with E-state index in [0.29, 0.717) is 31.0 Å². The van der Waals surface area contributed by atoms with Gasteiger partial charge in [0.25, 0.3) is 5.91 Å². The molecule has 8 nitrogen and oxygen atoms in total. The summed E-state index contributed by atoms with van der Waals surface area (Å²) in [7, 11) is 1.79. The van der Waals surface area contributed by atoms with Crippen molar-refractivity contribution < 1.29 is 9.59 Å². The van der Waals surface area contributed by atoms with Crippen LogP contribution in [0.2, 0.25) is 0 Å². The number of imidazole rings is 1. The number of pyridine rings is 1. The summed E-state index contributed by atoms with van der Waals surface area (Å²) < 4.78 is 0. The summed E-state index contributed by atoms with van der Waals surface area (Å²) >= 11 is 0. The van der Waals surface area contributed by atoms with Crippen molar-refractivity contribution in [2.24, 2.45) is 0 Å². The van der Waals surface area contributed by atoms with Crippen LogP contribution < -0.4 is 5.32 Å². The lowest BCUT2D eigenvalue weighted by atomic mass is 10.1. The monoisotopic (exact) mass is 420 g/mol. The van der Waals surface area contributed by atoms with E-state index in [4.69, 9.17) is 0 Å². The number of carbonyl (C=O) groups excluding carboxylic acids is 2. The number of benzene rings is 1. The molecule has 1 aliphatic rings. The van der Waals surface area contributed by atoms with Crippen LogP contribution in [0.4, 0.5) is 5.82 Å². The van der Waals surface area contributed by atoms with Crippen LogP contribution in [0, 0.1) is 13.8 Å². The van der Waals surface area contributed by atoms with Crippen molar-refractivity contribution in [1.29, 1.82) is 0 Å². The van der Waals surface area contributed by atoms with E-state index in [9.17, 15) is 9.59 Å². The highest BCUT2D eigenvalue weighted by Gasteiger charge is 2.30. The van der Waals surface area contributed by atoms with E-state index in [-0.39, 0.29) is 17.9 Å². The molecule has 2 N–H and O–H groups in total. The molecule has 1 fully saturated rings. The van der Waals surface area contributed by atoms with Gasteiger partial charge in [-0.05, 0) is 49.6 Å². The molecule has 1 aromatic carbocycles. The van der Waals surface area contributed by atoms with E-state index in [1.165, 1.54) is 5.56 Å². The van der Waals surface area contributed by atoms with Gasteiger partial charge in [-0.25, -0.2) is 9.97 Å². The molecule has 0 saturated carbocycles. The fourth-order valence-electron chi connectivity index (χ4n) is 4.08. The molecule has 0 unspecified atom stereocenters. The Labute approximate surface area is 181 Å². The molecule has 1 aliphatic heterocycles. The van der Waals surface area contributed by atoms with E-state index in [2.05, 4.69) is 33.3 Å². The normalized spacial score (nSPS) is 16.0. The maximum atomic E-state index is 12.8. The average molecular weight is 421 g/mol. The highest BCUT2D eigenvalue weighted by molar-refractivity contribution is 5.94. The number of carbonyl (C=O) groups is 2. The molecule has 0 bridgehead atoms. The van der Waals surface area contributed by atoms with E-state index in [1.54, 1.807) is 36.0 Å². The van der Waals surface area contributed by atoms with E-state index in [1.807, 2.05) is 19.1 Å². The van der Waals surface area contributed by atoms with Crippen molar-refractivity contribution in [1.82, 2.24) is 24.8 Å². The van der Waals surface area contributed by atoms with Gasteiger partial charge in [-0.15, -0.1) is 0 Å². The van der Waals surface area contributed by atoms with Gasteiger partial charge in [0.2, 0.25) is 5.91 Å². The minimum Gasteiger partial charge on any atom is -0.366 e. The second-order valence-corrected chi connectivity index (χ2v) is 8.19. The summed E-state index contributed by atoms with van der Waals surface area (Å²) in [6.07, 6.45) is 2.41. The van der Waals surface area contributed by atoms with Crippen LogP contribution in [0.15, 0.2) is 30.5 Å². The van der Waals surface area contributed by atoms with Crippen LogP contribution >= 0.6 is 0 Å². The van der Waals surface area contributed by atoms with Crippen LogP contribution in [0.5, 0.6) is 0 Å². The predicted octanol–water partition coefficient (Wildman–Crippen LogP) is 2.88. The zero-order valence-electron chi connectivity index (χ0n) is 18.4. The van der Waals surface area contributed by atoms with Gasteiger partial charge in [0.1, 0.15) is 11.6 Å². The summed E-state index contributed by atoms with van der Waals surface area (Å²) in [6, 6.07) is 7.80. The minimum atomic E-state index is -0.0490. The van der Waals surface area contributed by atoms with Gasteiger partial charge in [-0.3, -0.25) is 9.59 Å². The van der Waals surface area contributed by atoms with Crippen LogP contribution in [0.3, 0.4) is 0 Å². The molecule has 162 valence electrons. The number of hydrogen-bond donors (Lipinski definition) is 2. The summed E-state index contributed by atoms with van der Waals surface area (Å²) in [5, 5.41) is 3.35. The Morgan fingerprint density at radius 2 is 2.06 bits per heavy atom. The molecular weight excluding hydrogens is 392 g/mol. The highest BCUT2D eigenvalue weighted by Crippen LogP contribution is 2.22. The third-order valence-electron chi connectivity index (χ3n) is 6.07. The lowest BCUT2D eigenvalue weighted by molar-refractivity contribution is -0.129. The van der Waals surface area contributed by atoms with Gasteiger partial charge >= 0.3 is 0 Å². The Kier molecular flexibility index (Phi) is 5.63. The summed E-state index contributed by atoms with van der Waals surface area (Å²) in [6.45, 7) is 7.39. The number of amides is 2. The standard InChI is InChI=1S/C23H28N6O2/c1-14-5-7-20-22(27-15(2)26-20)19(14)12-25-21-8-6-17(11-24-21)23(31)29-10-9-18(13-29)28(4)16(3)30/h5-8,11,18H,9-10,12-13H2,1-4H3,(H,24,25)(H,26,27)/t18-/m0/s1. The number of aryl methyl sites for hydroxylation is 2. The van der Waals surface area contributed by atoms with Crippen LogP contribution in [-0.2, 0) is 11.3 Å². The van der Waals surface area contributed by atoms with Crippen LogP contribution in [-0.4, -0.2) is 62.7 Å². The van der Waals surface area contributed by atoms with Crippen LogP contribution in [0.1, 0.15) is 40.7 Å². The van der Waals surface area contributed by atoms with Crippen molar-refractivity contribution in [2.75, 3.05) is 25.5 Å². The topological polar surface area (TPSA) is 94.2 Å². The maximum Gasteiger partial charge on any atom is 0.255 e. The molecule has 0 aliphatic carbocycles. The predicted molar refractivity (Wildman–Crippen MR) is 120 cm³/mol. The molecule has 3 aromatic rings. The molecule has 0 spiro atoms. The van der Waals surface area contributed by atoms with Gasteiger partial charge in [-0.2, -0.15) is 0 Å². The fourth-order valence-corrected chi connectivity index (χ4v) is 4.08. The number of nitrogens with zero attached hydrogens (tertiary/aromatic N) is 4. The first-order valence-electron chi connectivity index (χ1n) is 10.5. The van der Waals surface area contributed by atoms with Gasteiger partial charge in [0.15, 0.2) is 0 Å². The Hall–Kier alpha value is -3.42. The Morgan fingerprint density at radius 3 is 2.77 bits per heavy atom. The number of anilines is 1. The molecule has 8 heteroatoms. The van der Waals surface area contributed by atoms with Crippen molar-refractivity contribution in [3.63, 3.8) is 0 Å². The smallest absolute Gasteiger partial charge is 0.255 e. The number of hydrogen-bond acceptors (Lipinski definition) is 5. The lowest BCUT2D eigenvalue weighted by Gasteiger charge is -2.23. The van der Waals surface area contributed by atoms with E-state index >= 15 is 0 Å². The molecule has 3 heterocycles. The van der Waals surface area contributed by atoms with Crippen LogP contribution in [0.25, 0.3) is 11.0 Å². The first-order chi connectivity index (χ1) is 14.8. The molecule has 2 amide bonds. The van der Waals surface area contributed by atoms with Gasteiger partial charge in [0, 0.05) is 39.8 Å². The maximum absolute atomic E-state index is 12.8.